The van der Waals surface area contributed by atoms with E-state index in [0.29, 0.717) is 6.42 Å². The Labute approximate surface area is 113 Å². The van der Waals surface area contributed by atoms with Crippen molar-refractivity contribution < 1.29 is 23.7 Å². The maximum atomic E-state index is 11.9. The molecule has 0 saturated carbocycles. The summed E-state index contributed by atoms with van der Waals surface area (Å²) < 4.78 is 0. The van der Waals surface area contributed by atoms with E-state index >= 15 is 0 Å². The largest absolute Gasteiger partial charge is 1.00 e. The van der Waals surface area contributed by atoms with Gasteiger partial charge >= 0.3 is 18.9 Å². The molecule has 0 aromatic heterocycles. The van der Waals surface area contributed by atoms with Gasteiger partial charge in [0, 0.05) is 5.56 Å². The molecule has 0 saturated heterocycles. The van der Waals surface area contributed by atoms with Crippen molar-refractivity contribution in [1.82, 2.24) is 0 Å². The molecule has 0 N–H and O–H groups in total. The summed E-state index contributed by atoms with van der Waals surface area (Å²) in [7, 11) is 3.36. The maximum absolute atomic E-state index is 11.9. The van der Waals surface area contributed by atoms with E-state index in [1.165, 1.54) is 11.1 Å². The normalized spacial score (nSPS) is 9.81. The summed E-state index contributed by atoms with van der Waals surface area (Å²) in [4.78, 5) is 11.9. The predicted octanol–water partition coefficient (Wildman–Crippen LogP) is 0.640. The maximum Gasteiger partial charge on any atom is 1.00 e. The van der Waals surface area contributed by atoms with Gasteiger partial charge in [-0.3, -0.25) is 4.79 Å². The molecule has 16 heavy (non-hydrogen) atoms. The van der Waals surface area contributed by atoms with Gasteiger partial charge in [-0.2, -0.15) is 6.16 Å². The average molecular weight is 228 g/mol. The fourth-order valence-electron chi connectivity index (χ4n) is 1.95. The molecule has 1 nitrogen and oxygen atoms in total. The van der Waals surface area contributed by atoms with Crippen molar-refractivity contribution in [3.63, 3.8) is 0 Å². The first-order chi connectivity index (χ1) is 6.99. The molecule has 1 aromatic rings. The molecule has 1 aromatic carbocycles. The Balaban J connectivity index is 0.00000225. The summed E-state index contributed by atoms with van der Waals surface area (Å²) in [6.45, 7) is 8.22. The zero-order chi connectivity index (χ0) is 11.6. The fraction of sp³-hybridized carbons (Fsp3) is 0.462. The molecule has 3 heteroatoms. The second-order valence-corrected chi connectivity index (χ2v) is 4.56. The molecule has 0 fully saturated rings. The third-order valence-electron chi connectivity index (χ3n) is 2.99. The number of hydrogen-bond acceptors (Lipinski definition) is 1. The van der Waals surface area contributed by atoms with Crippen LogP contribution in [0.2, 0.25) is 0 Å². The van der Waals surface area contributed by atoms with Crippen LogP contribution >= 0.6 is 9.24 Å². The average Bonchev–Trinajstić information content (AvgIpc) is 2.15. The number of ketones is 1. The van der Waals surface area contributed by atoms with E-state index in [-0.39, 0.29) is 24.6 Å². The van der Waals surface area contributed by atoms with Gasteiger partial charge in [0.05, 0.1) is 0 Å². The van der Waals surface area contributed by atoms with Crippen molar-refractivity contribution in [3.8, 4) is 0 Å². The van der Waals surface area contributed by atoms with Gasteiger partial charge in [0.2, 0.25) is 0 Å². The first-order valence-corrected chi connectivity index (χ1v) is 5.95. The van der Waals surface area contributed by atoms with Crippen LogP contribution in [0.15, 0.2) is 6.07 Å². The van der Waals surface area contributed by atoms with Crippen LogP contribution in [0.25, 0.3) is 0 Å². The van der Waals surface area contributed by atoms with Gasteiger partial charge in [-0.1, -0.05) is 6.07 Å². The molecule has 0 aliphatic heterocycles. The van der Waals surface area contributed by atoms with Crippen molar-refractivity contribution in [3.05, 3.63) is 33.9 Å². The zero-order valence-corrected chi connectivity index (χ0v) is 11.9. The van der Waals surface area contributed by atoms with Gasteiger partial charge in [0.1, 0.15) is 0 Å². The van der Waals surface area contributed by atoms with Gasteiger partial charge in [-0.25, -0.2) is 0 Å². The van der Waals surface area contributed by atoms with Gasteiger partial charge in [0.15, 0.2) is 5.78 Å². The third-order valence-corrected chi connectivity index (χ3v) is 3.24. The summed E-state index contributed by atoms with van der Waals surface area (Å²) >= 11 is 0. The van der Waals surface area contributed by atoms with E-state index in [9.17, 15) is 4.79 Å². The Kier molecular flexibility index (Phi) is 6.57. The molecule has 82 valence electrons. The summed E-state index contributed by atoms with van der Waals surface area (Å²) in [5.74, 6) is 0.239. The third kappa shape index (κ3) is 3.21. The number of Topliss-reactive ketones (excluding diaryl/α,β-unsaturated/α-hetero) is 1. The molecule has 0 aliphatic rings. The summed E-state index contributed by atoms with van der Waals surface area (Å²) in [6.07, 6.45) is 1.30. The van der Waals surface area contributed by atoms with E-state index in [2.05, 4.69) is 29.2 Å². The van der Waals surface area contributed by atoms with Crippen molar-refractivity contribution >= 4 is 15.0 Å². The smallest absolute Gasteiger partial charge is 0.558 e. The van der Waals surface area contributed by atoms with Crippen LogP contribution < -0.4 is 18.9 Å². The van der Waals surface area contributed by atoms with Crippen molar-refractivity contribution in [2.75, 3.05) is 6.16 Å². The number of hydrogen-bond donors (Lipinski definition) is 0. The van der Waals surface area contributed by atoms with Crippen molar-refractivity contribution in [2.45, 2.75) is 34.1 Å². The van der Waals surface area contributed by atoms with Crippen LogP contribution in [0, 0.1) is 27.7 Å². The topological polar surface area (TPSA) is 17.1 Å². The Morgan fingerprint density at radius 3 is 2.19 bits per heavy atom. The summed E-state index contributed by atoms with van der Waals surface area (Å²) in [5.41, 5.74) is 5.65. The summed E-state index contributed by atoms with van der Waals surface area (Å²) in [6, 6.07) is 2.10. The number of carbonyl (C=O) groups excluding carboxylic acids is 1. The Morgan fingerprint density at radius 2 is 1.69 bits per heavy atom. The minimum Gasteiger partial charge on any atom is -0.558 e. The number of carbonyl (C=O) groups is 1. The Hall–Kier alpha value is -0.0826. The fourth-order valence-corrected chi connectivity index (χ4v) is 2.18. The van der Waals surface area contributed by atoms with E-state index in [1.807, 2.05) is 13.8 Å². The van der Waals surface area contributed by atoms with E-state index < -0.39 is 0 Å². The van der Waals surface area contributed by atoms with Gasteiger partial charge in [-0.15, -0.1) is 0 Å². The van der Waals surface area contributed by atoms with Gasteiger partial charge in [0.25, 0.3) is 0 Å². The van der Waals surface area contributed by atoms with E-state index in [0.717, 1.165) is 22.9 Å². The molecule has 0 unspecified atom stereocenters. The van der Waals surface area contributed by atoms with E-state index in [1.54, 1.807) is 0 Å². The van der Waals surface area contributed by atoms with Crippen molar-refractivity contribution in [1.29, 1.82) is 0 Å². The molecule has 0 radical (unpaired) electrons. The number of aryl methyl sites for hydroxylation is 2. The molecular weight excluding hydrogens is 210 g/mol. The molecule has 0 bridgehead atoms. The van der Waals surface area contributed by atoms with Crippen molar-refractivity contribution in [2.24, 2.45) is 0 Å². The van der Waals surface area contributed by atoms with Crippen LogP contribution in [0.4, 0.5) is 0 Å². The minimum absolute atomic E-state index is 0. The molecule has 1 rings (SSSR count). The first kappa shape index (κ1) is 15.9. The van der Waals surface area contributed by atoms with Gasteiger partial charge in [-0.05, 0) is 56.4 Å². The molecule has 0 atom stereocenters. The van der Waals surface area contributed by atoms with Crippen LogP contribution in [-0.2, 0) is 0 Å². The first-order valence-electron chi connectivity index (χ1n) is 5.24. The van der Waals surface area contributed by atoms with Crippen LogP contribution in [0.3, 0.4) is 0 Å². The Morgan fingerprint density at radius 1 is 1.12 bits per heavy atom. The van der Waals surface area contributed by atoms with Crippen LogP contribution in [0.1, 0.15) is 39.0 Å². The standard InChI is InChI=1S/C13H18OP.Li/c1-8-7-9(2)13(11(4)10(8)3)12(14)5-6-15;/h7,15H,5-6H2,1-4H3;/q-1;+1. The predicted molar refractivity (Wildman–Crippen MR) is 67.5 cm³/mol. The molecule has 0 aliphatic carbocycles. The number of benzene rings is 1. The van der Waals surface area contributed by atoms with Crippen LogP contribution in [0.5, 0.6) is 0 Å². The second-order valence-electron chi connectivity index (χ2n) is 4.06. The number of rotatable bonds is 3. The molecule has 0 amide bonds. The zero-order valence-electron chi connectivity index (χ0n) is 10.9. The van der Waals surface area contributed by atoms with Gasteiger partial charge < -0.3 is 9.24 Å². The SMILES string of the molecule is Cc1cc(C)c(C(=O)CC[PH-])c(C)c1C.[Li+]. The summed E-state index contributed by atoms with van der Waals surface area (Å²) in [5, 5.41) is 0. The molecular formula is C13H18LiOP. The quantitative estimate of drug-likeness (QED) is 0.421. The molecule has 0 heterocycles. The molecule has 0 spiro atoms. The second kappa shape index (κ2) is 6.60. The minimum atomic E-state index is 0. The van der Waals surface area contributed by atoms with Crippen LogP contribution in [-0.4, -0.2) is 11.9 Å². The Bertz CT molecular complexity index is 399. The van der Waals surface area contributed by atoms with E-state index in [4.69, 9.17) is 0 Å². The monoisotopic (exact) mass is 228 g/mol.